The van der Waals surface area contributed by atoms with E-state index in [0.717, 1.165) is 0 Å². The average molecular weight is 596 g/mol. The Hall–Kier alpha value is -3.44. The third kappa shape index (κ3) is 3.86. The lowest BCUT2D eigenvalue weighted by Gasteiger charge is -2.69. The molecule has 2 unspecified atom stereocenters. The standard InChI is InChI=1S/C33H38FNO8/c1-14(2)22-26(38)21(29(35)41)27(39)33(43)28(40)23-25(37)20-19(15(3)31(23,4)30(42)32(22,33)5)13-10-17(24(20)36)9-6-16-7-11-18(34)12-8-16/h6-15,21-23,26,28,30,36,38,40,42-43H,1-5H3,(H2,35,41)/t15-,21-,22+,23-,26?,28?,30-,31+,32+,33+/m1/s1. The molecule has 2 aromatic carbocycles. The molecule has 9 nitrogen and oxygen atoms in total. The second kappa shape index (κ2) is 10.1. The number of phenolic OH excluding ortho intramolecular Hbond substituents is 1. The lowest BCUT2D eigenvalue weighted by Crippen LogP contribution is -2.83. The first-order valence-corrected chi connectivity index (χ1v) is 14.4. The molecule has 1 amide bonds. The van der Waals surface area contributed by atoms with Gasteiger partial charge in [0.1, 0.15) is 23.6 Å². The number of nitrogens with two attached hydrogens (primary N) is 1. The third-order valence-electron chi connectivity index (χ3n) is 11.0. The largest absolute Gasteiger partial charge is 0.507 e. The van der Waals surface area contributed by atoms with Gasteiger partial charge in [-0.3, -0.25) is 14.4 Å². The minimum atomic E-state index is -2.84. The number of rotatable bonds is 4. The Labute approximate surface area is 248 Å². The topological polar surface area (TPSA) is 178 Å². The maximum Gasteiger partial charge on any atom is 0.230 e. The minimum absolute atomic E-state index is 0.121. The molecule has 0 bridgehead atoms. The van der Waals surface area contributed by atoms with E-state index in [1.54, 1.807) is 64.1 Å². The second-order valence-corrected chi connectivity index (χ2v) is 13.2. The van der Waals surface area contributed by atoms with Crippen molar-refractivity contribution in [1.82, 2.24) is 0 Å². The van der Waals surface area contributed by atoms with Crippen molar-refractivity contribution in [2.24, 2.45) is 40.2 Å². The number of halogens is 1. The number of primary amides is 1. The monoisotopic (exact) mass is 595 g/mol. The number of aliphatic hydroxyl groups excluding tert-OH is 3. The van der Waals surface area contributed by atoms with E-state index < -0.39 is 93.4 Å². The van der Waals surface area contributed by atoms with E-state index in [4.69, 9.17) is 5.73 Å². The zero-order valence-electron chi connectivity index (χ0n) is 24.7. The van der Waals surface area contributed by atoms with Crippen LogP contribution in [0.25, 0.3) is 12.2 Å². The van der Waals surface area contributed by atoms with Crippen LogP contribution in [-0.4, -0.2) is 66.9 Å². The van der Waals surface area contributed by atoms with Crippen LogP contribution in [0.1, 0.15) is 67.6 Å². The smallest absolute Gasteiger partial charge is 0.230 e. The van der Waals surface area contributed by atoms with Gasteiger partial charge in [-0.15, -0.1) is 0 Å². The normalized spacial score (nSPS) is 39.0. The van der Waals surface area contributed by atoms with Crippen molar-refractivity contribution in [2.45, 2.75) is 64.4 Å². The molecular formula is C33H38FNO8. The summed E-state index contributed by atoms with van der Waals surface area (Å²) in [4.78, 5) is 40.6. The third-order valence-corrected chi connectivity index (χ3v) is 11.0. The van der Waals surface area contributed by atoms with Gasteiger partial charge in [-0.2, -0.15) is 0 Å². The molecule has 0 aromatic heterocycles. The van der Waals surface area contributed by atoms with Crippen LogP contribution in [0.5, 0.6) is 5.75 Å². The molecule has 0 radical (unpaired) electrons. The number of aliphatic hydroxyl groups is 4. The van der Waals surface area contributed by atoms with E-state index in [1.165, 1.54) is 19.1 Å². The molecule has 43 heavy (non-hydrogen) atoms. The molecule has 0 heterocycles. The number of amides is 1. The molecule has 7 N–H and O–H groups in total. The van der Waals surface area contributed by atoms with Gasteiger partial charge < -0.3 is 31.3 Å². The molecule has 3 aliphatic rings. The number of carbonyl (C=O) groups is 3. The molecular weight excluding hydrogens is 557 g/mol. The van der Waals surface area contributed by atoms with Crippen molar-refractivity contribution in [1.29, 1.82) is 0 Å². The first-order valence-electron chi connectivity index (χ1n) is 14.4. The van der Waals surface area contributed by atoms with Crippen LogP contribution >= 0.6 is 0 Å². The van der Waals surface area contributed by atoms with Gasteiger partial charge in [0.25, 0.3) is 0 Å². The fraction of sp³-hybridized carbons (Fsp3) is 0.485. The summed E-state index contributed by atoms with van der Waals surface area (Å²) in [5, 5.41) is 59.1. The minimum Gasteiger partial charge on any atom is -0.507 e. The van der Waals surface area contributed by atoms with E-state index in [-0.39, 0.29) is 11.1 Å². The summed E-state index contributed by atoms with van der Waals surface area (Å²) in [5.74, 6) is -9.76. The highest BCUT2D eigenvalue weighted by Gasteiger charge is 2.80. The molecule has 0 spiro atoms. The average Bonchev–Trinajstić information content (AvgIpc) is 2.93. The number of benzene rings is 2. The van der Waals surface area contributed by atoms with Crippen LogP contribution in [0.3, 0.4) is 0 Å². The Kier molecular flexibility index (Phi) is 7.25. The number of hydrogen-bond donors (Lipinski definition) is 6. The van der Waals surface area contributed by atoms with Crippen LogP contribution in [0.15, 0.2) is 36.4 Å². The van der Waals surface area contributed by atoms with Gasteiger partial charge in [-0.25, -0.2) is 4.39 Å². The summed E-state index contributed by atoms with van der Waals surface area (Å²) < 4.78 is 13.3. The summed E-state index contributed by atoms with van der Waals surface area (Å²) in [6.07, 6.45) is -2.24. The summed E-state index contributed by atoms with van der Waals surface area (Å²) in [6.45, 7) is 8.12. The highest BCUT2D eigenvalue weighted by atomic mass is 19.1. The van der Waals surface area contributed by atoms with Crippen molar-refractivity contribution >= 4 is 29.6 Å². The van der Waals surface area contributed by atoms with Crippen molar-refractivity contribution in [3.8, 4) is 5.75 Å². The maximum absolute atomic E-state index is 14.3. The first kappa shape index (κ1) is 31.0. The predicted octanol–water partition coefficient (Wildman–Crippen LogP) is 2.41. The summed E-state index contributed by atoms with van der Waals surface area (Å²) in [7, 11) is 0. The van der Waals surface area contributed by atoms with E-state index in [9.17, 15) is 44.3 Å². The summed E-state index contributed by atoms with van der Waals surface area (Å²) in [5.41, 5.74) is 0.456. The van der Waals surface area contributed by atoms with Gasteiger partial charge in [0.2, 0.25) is 5.91 Å². The van der Waals surface area contributed by atoms with Crippen molar-refractivity contribution < 1.29 is 44.3 Å². The van der Waals surface area contributed by atoms with Gasteiger partial charge >= 0.3 is 0 Å². The van der Waals surface area contributed by atoms with Crippen LogP contribution in [0.4, 0.5) is 4.39 Å². The molecule has 0 saturated heterocycles. The van der Waals surface area contributed by atoms with E-state index in [2.05, 4.69) is 0 Å². The van der Waals surface area contributed by atoms with Crippen molar-refractivity contribution in [2.75, 3.05) is 0 Å². The molecule has 10 heteroatoms. The number of ketones is 2. The number of hydrogen-bond acceptors (Lipinski definition) is 8. The number of aromatic hydroxyl groups is 1. The molecule has 2 aromatic rings. The second-order valence-electron chi connectivity index (χ2n) is 13.2. The Morgan fingerprint density at radius 2 is 1.63 bits per heavy atom. The molecule has 2 fully saturated rings. The SMILES string of the molecule is CC(C)[C@H]1C(O)[C@@H](C(N)=O)C(=O)[C@]2(O)C(O)[C@H]3C(=O)c4c(ccc(C=Cc5ccc(F)cc5)c4O)[C@@H](C)[C@]3(C)[C@@H](O)[C@]12C. The Bertz CT molecular complexity index is 1540. The van der Waals surface area contributed by atoms with Gasteiger partial charge in [0.05, 0.1) is 23.7 Å². The first-order chi connectivity index (χ1) is 20.0. The number of fused-ring (bicyclic) bond motifs is 3. The lowest BCUT2D eigenvalue weighted by molar-refractivity contribution is -0.306. The zero-order chi connectivity index (χ0) is 32.0. The van der Waals surface area contributed by atoms with Crippen LogP contribution in [0.2, 0.25) is 0 Å². The molecule has 5 rings (SSSR count). The van der Waals surface area contributed by atoms with E-state index in [1.807, 2.05) is 0 Å². The van der Waals surface area contributed by atoms with E-state index >= 15 is 0 Å². The molecule has 10 atom stereocenters. The van der Waals surface area contributed by atoms with Crippen LogP contribution in [-0.2, 0) is 9.59 Å². The summed E-state index contributed by atoms with van der Waals surface area (Å²) >= 11 is 0. The van der Waals surface area contributed by atoms with Crippen molar-refractivity contribution in [3.63, 3.8) is 0 Å². The fourth-order valence-corrected chi connectivity index (χ4v) is 8.67. The Balaban J connectivity index is 1.69. The molecule has 230 valence electrons. The van der Waals surface area contributed by atoms with Crippen LogP contribution < -0.4 is 5.73 Å². The van der Waals surface area contributed by atoms with Gasteiger partial charge in [-0.1, -0.05) is 71.0 Å². The molecule has 0 aliphatic heterocycles. The number of phenols is 1. The van der Waals surface area contributed by atoms with E-state index in [0.29, 0.717) is 11.1 Å². The quantitative estimate of drug-likeness (QED) is 0.230. The number of Topliss-reactive ketones (excluding diaryl/α,β-unsaturated/α-hetero) is 2. The lowest BCUT2D eigenvalue weighted by atomic mass is 9.36. The predicted molar refractivity (Wildman–Crippen MR) is 155 cm³/mol. The summed E-state index contributed by atoms with van der Waals surface area (Å²) in [6, 6.07) is 8.90. The van der Waals surface area contributed by atoms with Gasteiger partial charge in [0.15, 0.2) is 17.2 Å². The zero-order valence-corrected chi connectivity index (χ0v) is 24.7. The number of carbonyl (C=O) groups excluding carboxylic acids is 3. The maximum atomic E-state index is 14.3. The van der Waals surface area contributed by atoms with Crippen LogP contribution in [0, 0.1) is 40.3 Å². The molecule has 3 aliphatic carbocycles. The van der Waals surface area contributed by atoms with Gasteiger partial charge in [-0.05, 0) is 41.0 Å². The highest BCUT2D eigenvalue weighted by Crippen LogP contribution is 2.68. The fourth-order valence-electron chi connectivity index (χ4n) is 8.67. The van der Waals surface area contributed by atoms with Crippen molar-refractivity contribution in [3.05, 3.63) is 64.5 Å². The van der Waals surface area contributed by atoms with Gasteiger partial charge in [0, 0.05) is 16.4 Å². The Morgan fingerprint density at radius 1 is 1.02 bits per heavy atom. The molecule has 2 saturated carbocycles. The highest BCUT2D eigenvalue weighted by molar-refractivity contribution is 6.09. The Morgan fingerprint density at radius 3 is 2.19 bits per heavy atom.